The minimum atomic E-state index is 0. The average molecular weight is 506 g/mol. The maximum Gasteiger partial charge on any atom is 0.189 e. The number of fused-ring (bicyclic) bond motifs is 1. The van der Waals surface area contributed by atoms with Gasteiger partial charge in [0.1, 0.15) is 5.75 Å². The van der Waals surface area contributed by atoms with Gasteiger partial charge in [-0.25, -0.2) is 4.99 Å². The fourth-order valence-electron chi connectivity index (χ4n) is 3.97. The van der Waals surface area contributed by atoms with Gasteiger partial charge in [0.15, 0.2) is 5.96 Å². The Hall–Kier alpha value is -1.96. The van der Waals surface area contributed by atoms with Crippen molar-refractivity contribution in [2.24, 2.45) is 16.6 Å². The van der Waals surface area contributed by atoms with E-state index in [0.29, 0.717) is 19.1 Å². The number of para-hydroxylation sites is 1. The molecule has 156 valence electrons. The third-order valence-electron chi connectivity index (χ3n) is 5.80. The number of halogens is 1. The summed E-state index contributed by atoms with van der Waals surface area (Å²) < 4.78 is 5.71. The molecular weight excluding hydrogens is 475 g/mol. The van der Waals surface area contributed by atoms with Crippen LogP contribution in [0.25, 0.3) is 0 Å². The number of piperidine rings is 1. The van der Waals surface area contributed by atoms with Crippen molar-refractivity contribution in [3.05, 3.63) is 59.7 Å². The fraction of sp³-hybridized carbons (Fsp3) is 0.435. The van der Waals surface area contributed by atoms with Crippen LogP contribution in [0.3, 0.4) is 0 Å². The molecule has 0 saturated carbocycles. The third kappa shape index (κ3) is 5.56. The van der Waals surface area contributed by atoms with E-state index in [2.05, 4.69) is 52.5 Å². The highest BCUT2D eigenvalue weighted by molar-refractivity contribution is 14.0. The molecule has 1 atom stereocenters. The Kier molecular flexibility index (Phi) is 7.64. The predicted molar refractivity (Wildman–Crippen MR) is 130 cm³/mol. The van der Waals surface area contributed by atoms with Gasteiger partial charge in [0.25, 0.3) is 0 Å². The summed E-state index contributed by atoms with van der Waals surface area (Å²) >= 11 is 0. The van der Waals surface area contributed by atoms with Crippen LogP contribution in [0.5, 0.6) is 5.75 Å². The van der Waals surface area contributed by atoms with Gasteiger partial charge in [-0.1, -0.05) is 37.3 Å². The standard InChI is InChI=1S/C23H30N4O.HI/c1-17-10-13-27(14-11-17)19-8-6-18(7-9-19)16-25-23(24)26-21-12-15-28-22-5-3-2-4-20(21)22;/h2-9,17,21H,10-16H2,1H3,(H3,24,25,26);1H. The Morgan fingerprint density at radius 1 is 1.10 bits per heavy atom. The first kappa shape index (κ1) is 21.7. The lowest BCUT2D eigenvalue weighted by Crippen LogP contribution is -2.37. The molecule has 2 aromatic rings. The molecule has 0 bridgehead atoms. The van der Waals surface area contributed by atoms with Crippen LogP contribution >= 0.6 is 24.0 Å². The highest BCUT2D eigenvalue weighted by Crippen LogP contribution is 2.31. The number of anilines is 1. The summed E-state index contributed by atoms with van der Waals surface area (Å²) in [5.41, 5.74) is 9.79. The van der Waals surface area contributed by atoms with Gasteiger partial charge in [-0.05, 0) is 42.5 Å². The first-order chi connectivity index (χ1) is 13.7. The molecule has 1 unspecified atom stereocenters. The van der Waals surface area contributed by atoms with Crippen molar-refractivity contribution in [1.82, 2.24) is 5.32 Å². The second-order valence-electron chi connectivity index (χ2n) is 7.91. The molecule has 2 aliphatic rings. The number of nitrogens with zero attached hydrogens (tertiary/aromatic N) is 2. The number of nitrogens with two attached hydrogens (primary N) is 1. The highest BCUT2D eigenvalue weighted by Gasteiger charge is 2.21. The Balaban J connectivity index is 0.00000240. The number of nitrogens with one attached hydrogen (secondary N) is 1. The van der Waals surface area contributed by atoms with Crippen molar-refractivity contribution >= 4 is 35.6 Å². The first-order valence-electron chi connectivity index (χ1n) is 10.3. The Bertz CT molecular complexity index is 816. The Morgan fingerprint density at radius 2 is 1.83 bits per heavy atom. The molecule has 5 nitrogen and oxygen atoms in total. The number of hydrogen-bond acceptors (Lipinski definition) is 3. The van der Waals surface area contributed by atoms with Gasteiger partial charge in [-0.2, -0.15) is 0 Å². The van der Waals surface area contributed by atoms with Crippen LogP contribution in [0.15, 0.2) is 53.5 Å². The zero-order chi connectivity index (χ0) is 19.3. The summed E-state index contributed by atoms with van der Waals surface area (Å²) in [5, 5.41) is 3.35. The zero-order valence-corrected chi connectivity index (χ0v) is 19.3. The van der Waals surface area contributed by atoms with Gasteiger partial charge < -0.3 is 20.7 Å². The van der Waals surface area contributed by atoms with Gasteiger partial charge in [0, 0.05) is 30.8 Å². The van der Waals surface area contributed by atoms with Crippen LogP contribution in [-0.4, -0.2) is 25.7 Å². The molecule has 0 aromatic heterocycles. The average Bonchev–Trinajstić information content (AvgIpc) is 2.74. The zero-order valence-electron chi connectivity index (χ0n) is 17.0. The van der Waals surface area contributed by atoms with E-state index in [9.17, 15) is 0 Å². The van der Waals surface area contributed by atoms with E-state index in [-0.39, 0.29) is 30.0 Å². The fourth-order valence-corrected chi connectivity index (χ4v) is 3.97. The molecule has 0 aliphatic carbocycles. The van der Waals surface area contributed by atoms with E-state index in [1.807, 2.05) is 18.2 Å². The normalized spacial score (nSPS) is 19.7. The number of aliphatic imine (C=N–C) groups is 1. The Morgan fingerprint density at radius 3 is 2.59 bits per heavy atom. The van der Waals surface area contributed by atoms with Crippen molar-refractivity contribution in [2.75, 3.05) is 24.6 Å². The van der Waals surface area contributed by atoms with Crippen molar-refractivity contribution in [3.8, 4) is 5.75 Å². The number of benzene rings is 2. The minimum Gasteiger partial charge on any atom is -0.493 e. The predicted octanol–water partition coefficient (Wildman–Crippen LogP) is 4.47. The van der Waals surface area contributed by atoms with Crippen LogP contribution in [-0.2, 0) is 6.54 Å². The van der Waals surface area contributed by atoms with Crippen LogP contribution in [0, 0.1) is 5.92 Å². The van der Waals surface area contributed by atoms with E-state index >= 15 is 0 Å². The maximum atomic E-state index is 6.16. The van der Waals surface area contributed by atoms with E-state index in [1.165, 1.54) is 24.1 Å². The monoisotopic (exact) mass is 506 g/mol. The number of rotatable bonds is 4. The lowest BCUT2D eigenvalue weighted by atomic mass is 9.99. The Labute approximate surface area is 190 Å². The van der Waals surface area contributed by atoms with Crippen molar-refractivity contribution in [1.29, 1.82) is 0 Å². The van der Waals surface area contributed by atoms with Crippen LogP contribution in [0.1, 0.15) is 43.4 Å². The molecule has 2 heterocycles. The summed E-state index contributed by atoms with van der Waals surface area (Å²) in [4.78, 5) is 7.02. The maximum absolute atomic E-state index is 6.16. The van der Waals surface area contributed by atoms with E-state index < -0.39 is 0 Å². The number of hydrogen-bond donors (Lipinski definition) is 2. The number of ether oxygens (including phenoxy) is 1. The molecule has 0 spiro atoms. The summed E-state index contributed by atoms with van der Waals surface area (Å²) in [6, 6.07) is 17.0. The molecule has 0 amide bonds. The van der Waals surface area contributed by atoms with Crippen LogP contribution < -0.4 is 20.7 Å². The summed E-state index contributed by atoms with van der Waals surface area (Å²) in [5.74, 6) is 2.26. The summed E-state index contributed by atoms with van der Waals surface area (Å²) in [7, 11) is 0. The van der Waals surface area contributed by atoms with Gasteiger partial charge in [-0.15, -0.1) is 24.0 Å². The third-order valence-corrected chi connectivity index (χ3v) is 5.80. The smallest absolute Gasteiger partial charge is 0.189 e. The van der Waals surface area contributed by atoms with Gasteiger partial charge in [0.05, 0.1) is 19.2 Å². The lowest BCUT2D eigenvalue weighted by Gasteiger charge is -2.32. The number of guanidine groups is 1. The molecule has 2 aromatic carbocycles. The highest BCUT2D eigenvalue weighted by atomic mass is 127. The molecule has 4 rings (SSSR count). The molecule has 29 heavy (non-hydrogen) atoms. The van der Waals surface area contributed by atoms with Crippen molar-refractivity contribution in [3.63, 3.8) is 0 Å². The largest absolute Gasteiger partial charge is 0.493 e. The molecule has 0 radical (unpaired) electrons. The minimum absolute atomic E-state index is 0. The second-order valence-corrected chi connectivity index (χ2v) is 7.91. The molecule has 6 heteroatoms. The van der Waals surface area contributed by atoms with Gasteiger partial charge >= 0.3 is 0 Å². The second kappa shape index (κ2) is 10.2. The van der Waals surface area contributed by atoms with Gasteiger partial charge in [0.2, 0.25) is 0 Å². The topological polar surface area (TPSA) is 62.9 Å². The summed E-state index contributed by atoms with van der Waals surface area (Å²) in [6.07, 6.45) is 3.45. The van der Waals surface area contributed by atoms with E-state index in [1.54, 1.807) is 0 Å². The lowest BCUT2D eigenvalue weighted by molar-refractivity contribution is 0.262. The van der Waals surface area contributed by atoms with Gasteiger partial charge in [-0.3, -0.25) is 0 Å². The molecule has 1 fully saturated rings. The molecule has 3 N–H and O–H groups in total. The van der Waals surface area contributed by atoms with Crippen molar-refractivity contribution in [2.45, 2.75) is 38.8 Å². The van der Waals surface area contributed by atoms with E-state index in [4.69, 9.17) is 10.5 Å². The van der Waals surface area contributed by atoms with Crippen LogP contribution in [0.4, 0.5) is 5.69 Å². The molecule has 2 aliphatic heterocycles. The quantitative estimate of drug-likeness (QED) is 0.365. The van der Waals surface area contributed by atoms with Crippen LogP contribution in [0.2, 0.25) is 0 Å². The summed E-state index contributed by atoms with van der Waals surface area (Å²) in [6.45, 7) is 5.93. The molecule has 1 saturated heterocycles. The van der Waals surface area contributed by atoms with Crippen molar-refractivity contribution < 1.29 is 4.74 Å². The van der Waals surface area contributed by atoms with E-state index in [0.717, 1.165) is 36.7 Å². The SMILES string of the molecule is CC1CCN(c2ccc(CN=C(N)NC3CCOc4ccccc43)cc2)CC1.I. The molecular formula is C23H31IN4O. The first-order valence-corrected chi connectivity index (χ1v) is 10.3.